The van der Waals surface area contributed by atoms with Gasteiger partial charge in [-0.2, -0.15) is 0 Å². The minimum Gasteiger partial charge on any atom is -0.392 e. The molecule has 0 aliphatic heterocycles. The van der Waals surface area contributed by atoms with Crippen molar-refractivity contribution >= 4 is 17.3 Å². The number of hydrogen-bond acceptors (Lipinski definition) is 5. The standard InChI is InChI=1S/C15H21N3O4/c1-17(10-14(19)11-2-3-11)9-8-15(20)16-12-4-6-13(7-5-12)18(21)22/h4-7,11,14,19H,2-3,8-10H2,1H3,(H,16,20). The van der Waals surface area contributed by atoms with Crippen molar-refractivity contribution in [1.82, 2.24) is 4.90 Å². The molecule has 1 aliphatic carbocycles. The predicted molar refractivity (Wildman–Crippen MR) is 82.6 cm³/mol. The van der Waals surface area contributed by atoms with Crippen LogP contribution in [0.15, 0.2) is 24.3 Å². The van der Waals surface area contributed by atoms with Crippen molar-refractivity contribution in [3.63, 3.8) is 0 Å². The third-order valence-corrected chi connectivity index (χ3v) is 3.75. The molecule has 2 N–H and O–H groups in total. The highest BCUT2D eigenvalue weighted by molar-refractivity contribution is 5.90. The second kappa shape index (κ2) is 7.33. The van der Waals surface area contributed by atoms with Crippen LogP contribution in [0.3, 0.4) is 0 Å². The van der Waals surface area contributed by atoms with Crippen molar-refractivity contribution in [2.75, 3.05) is 25.5 Å². The van der Waals surface area contributed by atoms with Gasteiger partial charge in [0.1, 0.15) is 0 Å². The lowest BCUT2D eigenvalue weighted by Gasteiger charge is -2.20. The molecule has 0 radical (unpaired) electrons. The molecule has 0 aromatic heterocycles. The highest BCUT2D eigenvalue weighted by atomic mass is 16.6. The average Bonchev–Trinajstić information content (AvgIpc) is 3.30. The van der Waals surface area contributed by atoms with E-state index in [-0.39, 0.29) is 17.7 Å². The Morgan fingerprint density at radius 1 is 1.45 bits per heavy atom. The molecule has 1 aromatic rings. The molecule has 1 unspecified atom stereocenters. The summed E-state index contributed by atoms with van der Waals surface area (Å²) in [6, 6.07) is 5.73. The van der Waals surface area contributed by atoms with Gasteiger partial charge in [-0.25, -0.2) is 0 Å². The SMILES string of the molecule is CN(CCC(=O)Nc1ccc([N+](=O)[O-])cc1)CC(O)C1CC1. The molecule has 1 saturated carbocycles. The number of nitro groups is 1. The van der Waals surface area contributed by atoms with Crippen LogP contribution in [0.2, 0.25) is 0 Å². The Balaban J connectivity index is 1.71. The summed E-state index contributed by atoms with van der Waals surface area (Å²) < 4.78 is 0. The molecule has 0 saturated heterocycles. The Morgan fingerprint density at radius 3 is 2.64 bits per heavy atom. The largest absolute Gasteiger partial charge is 0.392 e. The number of aliphatic hydroxyl groups excluding tert-OH is 1. The van der Waals surface area contributed by atoms with E-state index in [0.717, 1.165) is 12.8 Å². The first-order chi connectivity index (χ1) is 10.5. The molecule has 120 valence electrons. The lowest BCUT2D eigenvalue weighted by Crippen LogP contribution is -2.32. The molecule has 1 fully saturated rings. The molecular formula is C15H21N3O4. The number of nitrogens with one attached hydrogen (secondary N) is 1. The summed E-state index contributed by atoms with van der Waals surface area (Å²) in [7, 11) is 1.88. The van der Waals surface area contributed by atoms with Crippen molar-refractivity contribution in [1.29, 1.82) is 0 Å². The first-order valence-electron chi connectivity index (χ1n) is 7.36. The molecule has 0 bridgehead atoms. The van der Waals surface area contributed by atoms with Gasteiger partial charge in [-0.15, -0.1) is 0 Å². The lowest BCUT2D eigenvalue weighted by atomic mass is 10.2. The number of likely N-dealkylation sites (N-methyl/N-ethyl adjacent to an activating group) is 1. The van der Waals surface area contributed by atoms with E-state index in [2.05, 4.69) is 5.32 Å². The molecule has 7 nitrogen and oxygen atoms in total. The van der Waals surface area contributed by atoms with Crippen molar-refractivity contribution in [3.8, 4) is 0 Å². The highest BCUT2D eigenvalue weighted by Crippen LogP contribution is 2.32. The van der Waals surface area contributed by atoms with Crippen LogP contribution < -0.4 is 5.32 Å². The van der Waals surface area contributed by atoms with Gasteiger partial charge in [-0.05, 0) is 37.9 Å². The number of non-ortho nitro benzene ring substituents is 1. The Hall–Kier alpha value is -1.99. The van der Waals surface area contributed by atoms with Gasteiger partial charge < -0.3 is 15.3 Å². The van der Waals surface area contributed by atoms with E-state index < -0.39 is 4.92 Å². The summed E-state index contributed by atoms with van der Waals surface area (Å²) in [5.74, 6) is 0.276. The van der Waals surface area contributed by atoms with Crippen molar-refractivity contribution in [2.24, 2.45) is 5.92 Å². The number of anilines is 1. The van der Waals surface area contributed by atoms with E-state index in [0.29, 0.717) is 31.1 Å². The van der Waals surface area contributed by atoms with Gasteiger partial charge in [0, 0.05) is 37.3 Å². The van der Waals surface area contributed by atoms with Gasteiger partial charge in [0.25, 0.3) is 5.69 Å². The Morgan fingerprint density at radius 2 is 2.09 bits per heavy atom. The molecule has 22 heavy (non-hydrogen) atoms. The number of aliphatic hydroxyl groups is 1. The first-order valence-corrected chi connectivity index (χ1v) is 7.36. The van der Waals surface area contributed by atoms with E-state index in [1.807, 2.05) is 11.9 Å². The topological polar surface area (TPSA) is 95.7 Å². The minimum atomic E-state index is -0.480. The molecular weight excluding hydrogens is 286 g/mol. The van der Waals surface area contributed by atoms with Crippen LogP contribution in [0.1, 0.15) is 19.3 Å². The molecule has 1 amide bonds. The van der Waals surface area contributed by atoms with Gasteiger partial charge in [-0.3, -0.25) is 14.9 Å². The minimum absolute atomic E-state index is 0.00760. The van der Waals surface area contributed by atoms with Crippen LogP contribution >= 0.6 is 0 Å². The third-order valence-electron chi connectivity index (χ3n) is 3.75. The lowest BCUT2D eigenvalue weighted by molar-refractivity contribution is -0.384. The Kier molecular flexibility index (Phi) is 5.46. The van der Waals surface area contributed by atoms with E-state index >= 15 is 0 Å². The van der Waals surface area contributed by atoms with Crippen molar-refractivity contribution < 1.29 is 14.8 Å². The maximum atomic E-state index is 11.8. The van der Waals surface area contributed by atoms with Crippen LogP contribution in [0.5, 0.6) is 0 Å². The summed E-state index contributed by atoms with van der Waals surface area (Å²) in [5.41, 5.74) is 0.531. The van der Waals surface area contributed by atoms with Gasteiger partial charge in [0.15, 0.2) is 0 Å². The van der Waals surface area contributed by atoms with Crippen LogP contribution in [-0.4, -0.2) is 47.1 Å². The van der Waals surface area contributed by atoms with Crippen LogP contribution in [0, 0.1) is 16.0 Å². The fourth-order valence-corrected chi connectivity index (χ4v) is 2.22. The summed E-state index contributed by atoms with van der Waals surface area (Å²) in [6.07, 6.45) is 2.19. The average molecular weight is 307 g/mol. The van der Waals surface area contributed by atoms with Crippen molar-refractivity contribution in [2.45, 2.75) is 25.4 Å². The van der Waals surface area contributed by atoms with E-state index in [9.17, 15) is 20.0 Å². The van der Waals surface area contributed by atoms with Gasteiger partial charge in [-0.1, -0.05) is 0 Å². The number of benzene rings is 1. The molecule has 7 heteroatoms. The van der Waals surface area contributed by atoms with E-state index in [4.69, 9.17) is 0 Å². The number of nitro benzene ring substituents is 1. The van der Waals surface area contributed by atoms with Gasteiger partial charge in [0.05, 0.1) is 11.0 Å². The van der Waals surface area contributed by atoms with Gasteiger partial charge >= 0.3 is 0 Å². The number of hydrogen-bond donors (Lipinski definition) is 2. The highest BCUT2D eigenvalue weighted by Gasteiger charge is 2.30. The molecule has 1 aliphatic rings. The Bertz CT molecular complexity index is 528. The Labute approximate surface area is 129 Å². The zero-order valence-electron chi connectivity index (χ0n) is 12.6. The molecule has 1 atom stereocenters. The van der Waals surface area contributed by atoms with E-state index in [1.165, 1.54) is 24.3 Å². The number of carbonyl (C=O) groups excluding carboxylic acids is 1. The number of carbonyl (C=O) groups is 1. The smallest absolute Gasteiger partial charge is 0.269 e. The fraction of sp³-hybridized carbons (Fsp3) is 0.533. The first kappa shape index (κ1) is 16.4. The quantitative estimate of drug-likeness (QED) is 0.562. The molecule has 1 aromatic carbocycles. The van der Waals surface area contributed by atoms with E-state index in [1.54, 1.807) is 0 Å². The van der Waals surface area contributed by atoms with Crippen molar-refractivity contribution in [3.05, 3.63) is 34.4 Å². The number of nitrogens with zero attached hydrogens (tertiary/aromatic N) is 2. The maximum absolute atomic E-state index is 11.8. The monoisotopic (exact) mass is 307 g/mol. The van der Waals surface area contributed by atoms with Crippen LogP contribution in [0.4, 0.5) is 11.4 Å². The predicted octanol–water partition coefficient (Wildman–Crippen LogP) is 1.63. The molecule has 2 rings (SSSR count). The third kappa shape index (κ3) is 5.09. The van der Waals surface area contributed by atoms with Gasteiger partial charge in [0.2, 0.25) is 5.91 Å². The van der Waals surface area contributed by atoms with Crippen LogP contribution in [-0.2, 0) is 4.79 Å². The maximum Gasteiger partial charge on any atom is 0.269 e. The second-order valence-corrected chi connectivity index (χ2v) is 5.77. The summed E-state index contributed by atoms with van der Waals surface area (Å²) in [4.78, 5) is 23.8. The zero-order valence-corrected chi connectivity index (χ0v) is 12.6. The normalized spacial score (nSPS) is 15.6. The van der Waals surface area contributed by atoms with Crippen LogP contribution in [0.25, 0.3) is 0 Å². The number of amides is 1. The second-order valence-electron chi connectivity index (χ2n) is 5.77. The molecule has 0 heterocycles. The summed E-state index contributed by atoms with van der Waals surface area (Å²) in [6.45, 7) is 1.14. The summed E-state index contributed by atoms with van der Waals surface area (Å²) >= 11 is 0. The zero-order chi connectivity index (χ0) is 16.1. The number of rotatable bonds is 8. The molecule has 0 spiro atoms. The summed E-state index contributed by atoms with van der Waals surface area (Å²) in [5, 5.41) is 23.1. The fourth-order valence-electron chi connectivity index (χ4n) is 2.22.